The number of carboxylic acid groups (broad SMARTS) is 1. The minimum atomic E-state index is -1.30. The summed E-state index contributed by atoms with van der Waals surface area (Å²) in [6, 6.07) is 9.61. The van der Waals surface area contributed by atoms with Gasteiger partial charge >= 0.3 is 0 Å². The number of hydrazone groups is 1. The van der Waals surface area contributed by atoms with E-state index in [1.807, 2.05) is 0 Å². The molecule has 0 aliphatic carbocycles. The number of nitrogens with zero attached hydrogens (tertiary/aromatic N) is 1. The van der Waals surface area contributed by atoms with Crippen molar-refractivity contribution in [1.82, 2.24) is 5.43 Å². The molecule has 0 radical (unpaired) electrons. The molecule has 0 bridgehead atoms. The van der Waals surface area contributed by atoms with Gasteiger partial charge < -0.3 is 28.8 Å². The van der Waals surface area contributed by atoms with Gasteiger partial charge in [0.1, 0.15) is 12.4 Å². The van der Waals surface area contributed by atoms with Crippen molar-refractivity contribution in [2.75, 3.05) is 27.9 Å². The topological polar surface area (TPSA) is 119 Å². The third kappa shape index (κ3) is 5.61. The molecular weight excluding hydrogens is 380 g/mol. The average Bonchev–Trinajstić information content (AvgIpc) is 2.74. The maximum atomic E-state index is 12.5. The summed E-state index contributed by atoms with van der Waals surface area (Å²) in [6.07, 6.45) is 0. The van der Waals surface area contributed by atoms with Gasteiger partial charge in [-0.2, -0.15) is 5.10 Å². The van der Waals surface area contributed by atoms with E-state index in [4.69, 9.17) is 18.9 Å². The van der Waals surface area contributed by atoms with Gasteiger partial charge in [-0.15, -0.1) is 0 Å². The van der Waals surface area contributed by atoms with E-state index in [-0.39, 0.29) is 5.56 Å². The fourth-order valence-electron chi connectivity index (χ4n) is 2.41. The Morgan fingerprint density at radius 1 is 0.966 bits per heavy atom. The molecule has 0 unspecified atom stereocenters. The van der Waals surface area contributed by atoms with Crippen molar-refractivity contribution in [2.24, 2.45) is 5.10 Å². The highest BCUT2D eigenvalue weighted by Crippen LogP contribution is 2.38. The first kappa shape index (κ1) is 21.5. The van der Waals surface area contributed by atoms with Crippen molar-refractivity contribution in [2.45, 2.75) is 6.92 Å². The maximum Gasteiger partial charge on any atom is 0.271 e. The molecule has 9 heteroatoms. The zero-order chi connectivity index (χ0) is 21.4. The molecule has 0 aliphatic heterocycles. The van der Waals surface area contributed by atoms with Crippen LogP contribution in [0, 0.1) is 0 Å². The Balaban J connectivity index is 2.12. The molecule has 0 heterocycles. The number of hydrogen-bond donors (Lipinski definition) is 1. The SMILES string of the molecule is COc1cc(C(=O)N/N=C(/C)c2ccc(OCC(=O)[O-])cc2)cc(OC)c1OC. The van der Waals surface area contributed by atoms with E-state index >= 15 is 0 Å². The minimum Gasteiger partial charge on any atom is -0.546 e. The van der Waals surface area contributed by atoms with E-state index in [9.17, 15) is 14.7 Å². The van der Waals surface area contributed by atoms with Crippen LogP contribution in [0.2, 0.25) is 0 Å². The van der Waals surface area contributed by atoms with Crippen LogP contribution in [-0.4, -0.2) is 45.5 Å². The molecule has 1 N–H and O–H groups in total. The van der Waals surface area contributed by atoms with Crippen molar-refractivity contribution in [3.05, 3.63) is 47.5 Å². The molecule has 1 amide bonds. The Kier molecular flexibility index (Phi) is 7.41. The number of hydrogen-bond acceptors (Lipinski definition) is 8. The van der Waals surface area contributed by atoms with E-state index in [0.29, 0.717) is 28.7 Å². The second-order valence-electron chi connectivity index (χ2n) is 5.74. The normalized spacial score (nSPS) is 10.8. The van der Waals surface area contributed by atoms with Crippen LogP contribution in [0.15, 0.2) is 41.5 Å². The number of benzene rings is 2. The van der Waals surface area contributed by atoms with Crippen molar-refractivity contribution >= 4 is 17.6 Å². The molecule has 0 aromatic heterocycles. The van der Waals surface area contributed by atoms with Crippen LogP contribution in [-0.2, 0) is 4.79 Å². The van der Waals surface area contributed by atoms with Gasteiger partial charge in [0.15, 0.2) is 11.5 Å². The van der Waals surface area contributed by atoms with Gasteiger partial charge in [-0.3, -0.25) is 4.79 Å². The molecule has 0 saturated carbocycles. The van der Waals surface area contributed by atoms with Crippen molar-refractivity contribution in [1.29, 1.82) is 0 Å². The molecule has 2 aromatic rings. The Morgan fingerprint density at radius 2 is 1.55 bits per heavy atom. The Labute approximate surface area is 167 Å². The van der Waals surface area contributed by atoms with E-state index in [1.165, 1.54) is 33.5 Å². The van der Waals surface area contributed by atoms with Gasteiger partial charge in [0.2, 0.25) is 5.75 Å². The fourth-order valence-corrected chi connectivity index (χ4v) is 2.41. The molecule has 2 rings (SSSR count). The third-order valence-electron chi connectivity index (χ3n) is 3.88. The van der Waals surface area contributed by atoms with Crippen LogP contribution in [0.3, 0.4) is 0 Å². The second kappa shape index (κ2) is 9.98. The summed E-state index contributed by atoms with van der Waals surface area (Å²) in [7, 11) is 4.39. The molecule has 29 heavy (non-hydrogen) atoms. The second-order valence-corrected chi connectivity index (χ2v) is 5.74. The number of carbonyl (C=O) groups excluding carboxylic acids is 2. The van der Waals surface area contributed by atoms with E-state index in [1.54, 1.807) is 31.2 Å². The van der Waals surface area contributed by atoms with Crippen LogP contribution < -0.4 is 29.5 Å². The van der Waals surface area contributed by atoms with Gasteiger partial charge in [0, 0.05) is 5.56 Å². The summed E-state index contributed by atoms with van der Waals surface area (Å²) in [5.41, 5.74) is 4.01. The number of rotatable bonds is 9. The monoisotopic (exact) mass is 401 g/mol. The molecule has 0 atom stereocenters. The first-order valence-electron chi connectivity index (χ1n) is 8.47. The largest absolute Gasteiger partial charge is 0.546 e. The minimum absolute atomic E-state index is 0.280. The molecular formula is C20H21N2O7-. The van der Waals surface area contributed by atoms with Gasteiger partial charge in [-0.25, -0.2) is 5.43 Å². The maximum absolute atomic E-state index is 12.5. The number of nitrogens with one attached hydrogen (secondary N) is 1. The summed E-state index contributed by atoms with van der Waals surface area (Å²) in [5.74, 6) is -0.298. The van der Waals surface area contributed by atoms with Crippen molar-refractivity contribution < 1.29 is 33.6 Å². The van der Waals surface area contributed by atoms with Gasteiger partial charge in [-0.05, 0) is 48.9 Å². The number of carbonyl (C=O) groups is 2. The van der Waals surface area contributed by atoms with Gasteiger partial charge in [-0.1, -0.05) is 0 Å². The first-order valence-corrected chi connectivity index (χ1v) is 8.47. The van der Waals surface area contributed by atoms with Crippen LogP contribution in [0.1, 0.15) is 22.8 Å². The van der Waals surface area contributed by atoms with Crippen molar-refractivity contribution in [3.8, 4) is 23.0 Å². The van der Waals surface area contributed by atoms with Gasteiger partial charge in [0.05, 0.1) is 33.0 Å². The third-order valence-corrected chi connectivity index (χ3v) is 3.88. The predicted molar refractivity (Wildman–Crippen MR) is 103 cm³/mol. The molecule has 0 aliphatic rings. The number of methoxy groups -OCH3 is 3. The highest BCUT2D eigenvalue weighted by molar-refractivity contribution is 6.01. The number of ether oxygens (including phenoxy) is 4. The molecule has 0 saturated heterocycles. The summed E-state index contributed by atoms with van der Waals surface area (Å²) >= 11 is 0. The molecule has 154 valence electrons. The summed E-state index contributed by atoms with van der Waals surface area (Å²) < 4.78 is 20.7. The Bertz CT molecular complexity index is 883. The average molecular weight is 401 g/mol. The number of carboxylic acids is 1. The molecule has 9 nitrogen and oxygen atoms in total. The molecule has 0 fully saturated rings. The lowest BCUT2D eigenvalue weighted by molar-refractivity contribution is -0.307. The van der Waals surface area contributed by atoms with E-state index in [0.717, 1.165) is 5.56 Å². The zero-order valence-corrected chi connectivity index (χ0v) is 16.5. The highest BCUT2D eigenvalue weighted by atomic mass is 16.5. The van der Waals surface area contributed by atoms with Crippen LogP contribution in [0.4, 0.5) is 0 Å². The van der Waals surface area contributed by atoms with Crippen molar-refractivity contribution in [3.63, 3.8) is 0 Å². The first-order chi connectivity index (χ1) is 13.9. The predicted octanol–water partition coefficient (Wildman–Crippen LogP) is 0.995. The van der Waals surface area contributed by atoms with Crippen LogP contribution in [0.5, 0.6) is 23.0 Å². The lowest BCUT2D eigenvalue weighted by atomic mass is 10.1. The van der Waals surface area contributed by atoms with Crippen LogP contribution >= 0.6 is 0 Å². The standard InChI is InChI=1S/C20H22N2O7/c1-12(13-5-7-15(8-6-13)29-11-18(23)24)21-22-20(25)14-9-16(26-2)19(28-4)17(10-14)27-3/h5-10H,11H2,1-4H3,(H,22,25)(H,23,24)/p-1/b21-12-. The quantitative estimate of drug-likeness (QED) is 0.492. The smallest absolute Gasteiger partial charge is 0.271 e. The number of aliphatic carboxylic acids is 1. The summed E-state index contributed by atoms with van der Waals surface area (Å²) in [6.45, 7) is 1.18. The Hall–Kier alpha value is -3.75. The lowest BCUT2D eigenvalue weighted by Gasteiger charge is -2.13. The molecule has 0 spiro atoms. The highest BCUT2D eigenvalue weighted by Gasteiger charge is 2.16. The fraction of sp³-hybridized carbons (Fsp3) is 0.250. The molecule has 2 aromatic carbocycles. The lowest BCUT2D eigenvalue weighted by Crippen LogP contribution is -2.28. The Morgan fingerprint density at radius 3 is 2.03 bits per heavy atom. The number of amides is 1. The summed E-state index contributed by atoms with van der Waals surface area (Å²) in [4.78, 5) is 22.9. The zero-order valence-electron chi connectivity index (χ0n) is 16.5. The summed E-state index contributed by atoms with van der Waals surface area (Å²) in [5, 5.41) is 14.5. The van der Waals surface area contributed by atoms with Gasteiger partial charge in [0.25, 0.3) is 5.91 Å². The van der Waals surface area contributed by atoms with Crippen LogP contribution in [0.25, 0.3) is 0 Å². The van der Waals surface area contributed by atoms with E-state index in [2.05, 4.69) is 10.5 Å². The van der Waals surface area contributed by atoms with E-state index < -0.39 is 18.5 Å².